The van der Waals surface area contributed by atoms with Gasteiger partial charge in [0.2, 0.25) is 0 Å². The topological polar surface area (TPSA) is 50.2 Å². The zero-order valence-corrected chi connectivity index (χ0v) is 12.0. The van der Waals surface area contributed by atoms with Gasteiger partial charge in [-0.3, -0.25) is 4.79 Å². The van der Waals surface area contributed by atoms with Crippen LogP contribution in [0.3, 0.4) is 0 Å². The lowest BCUT2D eigenvalue weighted by Crippen LogP contribution is -1.99. The second kappa shape index (κ2) is 5.75. The van der Waals surface area contributed by atoms with Gasteiger partial charge in [0.25, 0.3) is 0 Å². The molecule has 2 aromatic rings. The molecule has 0 atom stereocenters. The maximum Gasteiger partial charge on any atom is 0.308 e. The highest BCUT2D eigenvalue weighted by atomic mass is 32.1. The number of thiazole rings is 1. The molecule has 0 saturated heterocycles. The van der Waals surface area contributed by atoms with Gasteiger partial charge in [-0.1, -0.05) is 43.2 Å². The molecule has 1 aliphatic carbocycles. The number of hydrogen-bond acceptors (Lipinski definition) is 3. The Hall–Kier alpha value is -1.68. The van der Waals surface area contributed by atoms with E-state index in [1.54, 1.807) is 11.3 Å². The fourth-order valence-corrected chi connectivity index (χ4v) is 4.04. The fourth-order valence-electron chi connectivity index (χ4n) is 2.80. The lowest BCUT2D eigenvalue weighted by molar-refractivity contribution is -0.136. The third kappa shape index (κ3) is 2.75. The van der Waals surface area contributed by atoms with E-state index in [4.69, 9.17) is 10.1 Å². The Morgan fingerprint density at radius 3 is 2.60 bits per heavy atom. The van der Waals surface area contributed by atoms with Gasteiger partial charge >= 0.3 is 5.97 Å². The second-order valence-electron chi connectivity index (χ2n) is 5.24. The van der Waals surface area contributed by atoms with Crippen molar-refractivity contribution in [2.45, 2.75) is 38.0 Å². The fraction of sp³-hybridized carbons (Fsp3) is 0.375. The first-order valence-electron chi connectivity index (χ1n) is 7.01. The standard InChI is InChI=1S/C16H17NO2S/c18-14(19)10-13-15(11-6-2-1-3-7-11)17-16(20-13)12-8-4-5-9-12/h1-3,6-7,12H,4-5,8-10H2,(H,18,19). The third-order valence-electron chi connectivity index (χ3n) is 3.78. The zero-order valence-electron chi connectivity index (χ0n) is 11.2. The first kappa shape index (κ1) is 13.3. The first-order valence-corrected chi connectivity index (χ1v) is 7.82. The third-order valence-corrected chi connectivity index (χ3v) is 5.00. The summed E-state index contributed by atoms with van der Waals surface area (Å²) >= 11 is 1.59. The molecule has 0 unspecified atom stereocenters. The predicted octanol–water partition coefficient (Wildman–Crippen LogP) is 4.09. The van der Waals surface area contributed by atoms with Crippen LogP contribution in [0.5, 0.6) is 0 Å². The Morgan fingerprint density at radius 2 is 1.95 bits per heavy atom. The molecule has 3 rings (SSSR count). The number of benzene rings is 1. The maximum atomic E-state index is 11.1. The van der Waals surface area contributed by atoms with E-state index in [1.807, 2.05) is 30.3 Å². The van der Waals surface area contributed by atoms with E-state index in [0.29, 0.717) is 5.92 Å². The van der Waals surface area contributed by atoms with Crippen molar-refractivity contribution in [2.24, 2.45) is 0 Å². The quantitative estimate of drug-likeness (QED) is 0.921. The van der Waals surface area contributed by atoms with E-state index in [1.165, 1.54) is 25.7 Å². The minimum absolute atomic E-state index is 0.0641. The van der Waals surface area contributed by atoms with E-state index in [9.17, 15) is 4.79 Å². The lowest BCUT2D eigenvalue weighted by Gasteiger charge is -2.02. The van der Waals surface area contributed by atoms with Gasteiger partial charge in [-0.05, 0) is 12.8 Å². The predicted molar refractivity (Wildman–Crippen MR) is 80.1 cm³/mol. The Balaban J connectivity index is 1.99. The summed E-state index contributed by atoms with van der Waals surface area (Å²) in [5.74, 6) is -0.256. The molecular weight excluding hydrogens is 270 g/mol. The number of hydrogen-bond donors (Lipinski definition) is 1. The molecule has 104 valence electrons. The van der Waals surface area contributed by atoms with Crippen molar-refractivity contribution in [2.75, 3.05) is 0 Å². The number of carboxylic acid groups (broad SMARTS) is 1. The van der Waals surface area contributed by atoms with Gasteiger partial charge in [0, 0.05) is 16.4 Å². The van der Waals surface area contributed by atoms with Crippen molar-refractivity contribution in [3.63, 3.8) is 0 Å². The van der Waals surface area contributed by atoms with Crippen LogP contribution in [0.25, 0.3) is 11.3 Å². The van der Waals surface area contributed by atoms with Crippen LogP contribution in [0.2, 0.25) is 0 Å². The van der Waals surface area contributed by atoms with Crippen molar-refractivity contribution >= 4 is 17.3 Å². The molecule has 1 fully saturated rings. The van der Waals surface area contributed by atoms with Gasteiger partial charge < -0.3 is 5.11 Å². The van der Waals surface area contributed by atoms with E-state index in [-0.39, 0.29) is 6.42 Å². The van der Waals surface area contributed by atoms with E-state index < -0.39 is 5.97 Å². The highest BCUT2D eigenvalue weighted by Gasteiger charge is 2.23. The van der Waals surface area contributed by atoms with Crippen LogP contribution in [0.15, 0.2) is 30.3 Å². The summed E-state index contributed by atoms with van der Waals surface area (Å²) in [6, 6.07) is 9.89. The first-order chi connectivity index (χ1) is 9.74. The van der Waals surface area contributed by atoms with Crippen molar-refractivity contribution in [3.05, 3.63) is 40.2 Å². The van der Waals surface area contributed by atoms with Gasteiger partial charge in [0.05, 0.1) is 17.1 Å². The van der Waals surface area contributed by atoms with Crippen LogP contribution in [0.1, 0.15) is 41.5 Å². The molecule has 0 amide bonds. The molecule has 3 nitrogen and oxygen atoms in total. The molecular formula is C16H17NO2S. The Labute approximate surface area is 122 Å². The SMILES string of the molecule is O=C(O)Cc1sc(C2CCCC2)nc1-c1ccccc1. The van der Waals surface area contributed by atoms with Crippen molar-refractivity contribution in [1.82, 2.24) is 4.98 Å². The van der Waals surface area contributed by atoms with Crippen LogP contribution in [0, 0.1) is 0 Å². The summed E-state index contributed by atoms with van der Waals surface area (Å²) in [4.78, 5) is 16.7. The number of rotatable bonds is 4. The van der Waals surface area contributed by atoms with Crippen LogP contribution in [-0.2, 0) is 11.2 Å². The summed E-state index contributed by atoms with van der Waals surface area (Å²) < 4.78 is 0. The summed E-state index contributed by atoms with van der Waals surface area (Å²) in [6.45, 7) is 0. The molecule has 1 heterocycles. The maximum absolute atomic E-state index is 11.1. The Morgan fingerprint density at radius 1 is 1.25 bits per heavy atom. The van der Waals surface area contributed by atoms with E-state index in [2.05, 4.69) is 0 Å². The summed E-state index contributed by atoms with van der Waals surface area (Å²) in [7, 11) is 0. The molecule has 1 aromatic carbocycles. The summed E-state index contributed by atoms with van der Waals surface area (Å²) in [5, 5.41) is 10.2. The van der Waals surface area contributed by atoms with Gasteiger partial charge in [0.1, 0.15) is 0 Å². The number of carbonyl (C=O) groups is 1. The highest BCUT2D eigenvalue weighted by molar-refractivity contribution is 7.12. The molecule has 4 heteroatoms. The average molecular weight is 287 g/mol. The number of nitrogens with zero attached hydrogens (tertiary/aromatic N) is 1. The van der Waals surface area contributed by atoms with Gasteiger partial charge in [-0.2, -0.15) is 0 Å². The Bertz CT molecular complexity index is 600. The van der Waals surface area contributed by atoms with Crippen molar-refractivity contribution in [1.29, 1.82) is 0 Å². The lowest BCUT2D eigenvalue weighted by atomic mass is 10.1. The smallest absolute Gasteiger partial charge is 0.308 e. The molecule has 0 radical (unpaired) electrons. The largest absolute Gasteiger partial charge is 0.481 e. The molecule has 0 spiro atoms. The highest BCUT2D eigenvalue weighted by Crippen LogP contribution is 2.39. The van der Waals surface area contributed by atoms with Crippen LogP contribution >= 0.6 is 11.3 Å². The number of aliphatic carboxylic acids is 1. The van der Waals surface area contributed by atoms with E-state index >= 15 is 0 Å². The zero-order chi connectivity index (χ0) is 13.9. The van der Waals surface area contributed by atoms with Crippen LogP contribution < -0.4 is 0 Å². The monoisotopic (exact) mass is 287 g/mol. The summed E-state index contributed by atoms with van der Waals surface area (Å²) in [6.07, 6.45) is 4.97. The van der Waals surface area contributed by atoms with Gasteiger partial charge in [0.15, 0.2) is 0 Å². The second-order valence-corrected chi connectivity index (χ2v) is 6.36. The van der Waals surface area contributed by atoms with Gasteiger partial charge in [-0.15, -0.1) is 11.3 Å². The van der Waals surface area contributed by atoms with Gasteiger partial charge in [-0.25, -0.2) is 4.98 Å². The van der Waals surface area contributed by atoms with E-state index in [0.717, 1.165) is 21.1 Å². The molecule has 0 aliphatic heterocycles. The Kier molecular flexibility index (Phi) is 3.83. The van der Waals surface area contributed by atoms with Crippen molar-refractivity contribution < 1.29 is 9.90 Å². The molecule has 1 aromatic heterocycles. The van der Waals surface area contributed by atoms with Crippen LogP contribution in [0.4, 0.5) is 0 Å². The number of carboxylic acids is 1. The molecule has 1 aliphatic rings. The molecule has 0 bridgehead atoms. The van der Waals surface area contributed by atoms with Crippen molar-refractivity contribution in [3.8, 4) is 11.3 Å². The summed E-state index contributed by atoms with van der Waals surface area (Å²) in [5.41, 5.74) is 1.88. The molecule has 1 N–H and O–H groups in total. The molecule has 20 heavy (non-hydrogen) atoms. The minimum Gasteiger partial charge on any atom is -0.481 e. The average Bonchev–Trinajstić information content (AvgIpc) is 3.08. The van der Waals surface area contributed by atoms with Crippen LogP contribution in [-0.4, -0.2) is 16.1 Å². The molecule has 1 saturated carbocycles. The normalized spacial score (nSPS) is 15.6. The minimum atomic E-state index is -0.788. The number of aromatic nitrogens is 1.